The van der Waals surface area contributed by atoms with Crippen molar-refractivity contribution in [3.8, 4) is 11.5 Å². The summed E-state index contributed by atoms with van der Waals surface area (Å²) in [5, 5.41) is 6.17. The van der Waals surface area contributed by atoms with Crippen molar-refractivity contribution in [2.45, 2.75) is 25.4 Å². The maximum atomic E-state index is 5.65. The summed E-state index contributed by atoms with van der Waals surface area (Å²) in [7, 11) is 3.29. The Bertz CT molecular complexity index is 669. The number of hydrogen-bond acceptors (Lipinski definition) is 4. The highest BCUT2D eigenvalue weighted by Gasteiger charge is 2.31. The van der Waals surface area contributed by atoms with Gasteiger partial charge < -0.3 is 19.7 Å². The van der Waals surface area contributed by atoms with Crippen LogP contribution in [0.15, 0.2) is 35.7 Å². The lowest BCUT2D eigenvalue weighted by atomic mass is 10.2. The molecule has 23 heavy (non-hydrogen) atoms. The molecule has 1 heterocycles. The summed E-state index contributed by atoms with van der Waals surface area (Å²) in [5.41, 5.74) is 0.857. The minimum atomic E-state index is 0.543. The molecule has 6 heteroatoms. The van der Waals surface area contributed by atoms with Crippen molar-refractivity contribution in [2.75, 3.05) is 19.5 Å². The SMILES string of the molecule is COc1ccc(NC(=S)N(Cc2cccs2)C2CC2)c(OC)c1. The first kappa shape index (κ1) is 16.1. The van der Waals surface area contributed by atoms with Gasteiger partial charge in [0.2, 0.25) is 0 Å². The smallest absolute Gasteiger partial charge is 0.174 e. The first-order chi connectivity index (χ1) is 11.2. The number of benzene rings is 1. The van der Waals surface area contributed by atoms with Crippen molar-refractivity contribution in [1.29, 1.82) is 0 Å². The maximum absolute atomic E-state index is 5.65. The molecule has 0 bridgehead atoms. The molecule has 1 aromatic heterocycles. The second-order valence-corrected chi connectivity index (χ2v) is 6.85. The van der Waals surface area contributed by atoms with E-state index in [2.05, 4.69) is 27.7 Å². The minimum Gasteiger partial charge on any atom is -0.497 e. The predicted octanol–water partition coefficient (Wildman–Crippen LogP) is 4.13. The Morgan fingerprint density at radius 1 is 1.30 bits per heavy atom. The van der Waals surface area contributed by atoms with Crippen LogP contribution in [0.3, 0.4) is 0 Å². The largest absolute Gasteiger partial charge is 0.497 e. The molecular weight excluding hydrogens is 328 g/mol. The second-order valence-electron chi connectivity index (χ2n) is 5.43. The maximum Gasteiger partial charge on any atom is 0.174 e. The molecule has 0 saturated heterocycles. The van der Waals surface area contributed by atoms with Crippen LogP contribution in [-0.2, 0) is 6.54 Å². The van der Waals surface area contributed by atoms with Gasteiger partial charge in [0.15, 0.2) is 5.11 Å². The minimum absolute atomic E-state index is 0.543. The standard InChI is InChI=1S/C17H20N2O2S2/c1-20-13-7-8-15(16(10-13)21-2)18-17(22)19(12-5-6-12)11-14-4-3-9-23-14/h3-4,7-10,12H,5-6,11H2,1-2H3,(H,18,22). The molecular formula is C17H20N2O2S2. The average molecular weight is 348 g/mol. The Morgan fingerprint density at radius 3 is 2.74 bits per heavy atom. The Morgan fingerprint density at radius 2 is 2.13 bits per heavy atom. The summed E-state index contributed by atoms with van der Waals surface area (Å²) < 4.78 is 10.7. The number of nitrogens with zero attached hydrogens (tertiary/aromatic N) is 1. The summed E-state index contributed by atoms with van der Waals surface area (Å²) in [6.45, 7) is 0.854. The van der Waals surface area contributed by atoms with Gasteiger partial charge >= 0.3 is 0 Å². The molecule has 1 fully saturated rings. The zero-order valence-electron chi connectivity index (χ0n) is 13.2. The van der Waals surface area contributed by atoms with Gasteiger partial charge in [-0.25, -0.2) is 0 Å². The molecule has 0 radical (unpaired) electrons. The normalized spacial score (nSPS) is 13.5. The van der Waals surface area contributed by atoms with Crippen molar-refractivity contribution >= 4 is 34.4 Å². The fourth-order valence-corrected chi connectivity index (χ4v) is 3.44. The first-order valence-electron chi connectivity index (χ1n) is 7.53. The van der Waals surface area contributed by atoms with Crippen LogP contribution >= 0.6 is 23.6 Å². The fourth-order valence-electron chi connectivity index (χ4n) is 2.41. The van der Waals surface area contributed by atoms with E-state index in [1.807, 2.05) is 18.2 Å². The van der Waals surface area contributed by atoms with Crippen LogP contribution in [0.4, 0.5) is 5.69 Å². The molecule has 1 aliphatic rings. The number of anilines is 1. The van der Waals surface area contributed by atoms with Crippen LogP contribution in [0.1, 0.15) is 17.7 Å². The summed E-state index contributed by atoms with van der Waals surface area (Å²) in [6.07, 6.45) is 2.40. The molecule has 1 aliphatic carbocycles. The molecule has 1 N–H and O–H groups in total. The van der Waals surface area contributed by atoms with Gasteiger partial charge in [-0.05, 0) is 48.6 Å². The average Bonchev–Trinajstić information content (AvgIpc) is 3.28. The van der Waals surface area contributed by atoms with Gasteiger partial charge in [-0.3, -0.25) is 0 Å². The van der Waals surface area contributed by atoms with E-state index in [-0.39, 0.29) is 0 Å². The summed E-state index contributed by atoms with van der Waals surface area (Å²) in [4.78, 5) is 3.59. The number of nitrogens with one attached hydrogen (secondary N) is 1. The number of hydrogen-bond donors (Lipinski definition) is 1. The van der Waals surface area contributed by atoms with Gasteiger partial charge in [-0.1, -0.05) is 6.07 Å². The summed E-state index contributed by atoms with van der Waals surface area (Å²) >= 11 is 7.41. The Kier molecular flexibility index (Phi) is 5.03. The van der Waals surface area contributed by atoms with Crippen LogP contribution in [0.25, 0.3) is 0 Å². The lowest BCUT2D eigenvalue weighted by molar-refractivity contribution is 0.394. The van der Waals surface area contributed by atoms with Crippen molar-refractivity contribution < 1.29 is 9.47 Å². The number of rotatable bonds is 6. The monoisotopic (exact) mass is 348 g/mol. The molecule has 0 amide bonds. The Hall–Kier alpha value is -1.79. The molecule has 1 aromatic carbocycles. The molecule has 3 rings (SSSR count). The topological polar surface area (TPSA) is 33.7 Å². The van der Waals surface area contributed by atoms with Crippen molar-refractivity contribution in [3.63, 3.8) is 0 Å². The number of thiocarbonyl (C=S) groups is 1. The van der Waals surface area contributed by atoms with Gasteiger partial charge in [0.1, 0.15) is 11.5 Å². The van der Waals surface area contributed by atoms with E-state index in [0.29, 0.717) is 6.04 Å². The van der Waals surface area contributed by atoms with Crippen LogP contribution in [0, 0.1) is 0 Å². The molecule has 122 valence electrons. The van der Waals surface area contributed by atoms with E-state index in [4.69, 9.17) is 21.7 Å². The predicted molar refractivity (Wildman–Crippen MR) is 98.7 cm³/mol. The van der Waals surface area contributed by atoms with Crippen molar-refractivity contribution in [3.05, 3.63) is 40.6 Å². The Balaban J connectivity index is 1.74. The van der Waals surface area contributed by atoms with Gasteiger partial charge in [-0.2, -0.15) is 0 Å². The third-order valence-electron chi connectivity index (χ3n) is 3.81. The molecule has 1 saturated carbocycles. The molecule has 0 atom stereocenters. The summed E-state index contributed by atoms with van der Waals surface area (Å²) in [5.74, 6) is 1.48. The molecule has 0 spiro atoms. The van der Waals surface area contributed by atoms with Gasteiger partial charge in [0.05, 0.1) is 26.5 Å². The van der Waals surface area contributed by atoms with Crippen LogP contribution < -0.4 is 14.8 Å². The van der Waals surface area contributed by atoms with Crippen LogP contribution in [-0.4, -0.2) is 30.3 Å². The van der Waals surface area contributed by atoms with Crippen LogP contribution in [0.5, 0.6) is 11.5 Å². The lowest BCUT2D eigenvalue weighted by Crippen LogP contribution is -2.35. The van der Waals surface area contributed by atoms with E-state index < -0.39 is 0 Å². The molecule has 2 aromatic rings. The number of thiophene rings is 1. The highest BCUT2D eigenvalue weighted by Crippen LogP contribution is 2.32. The third-order valence-corrected chi connectivity index (χ3v) is 5.00. The van der Waals surface area contributed by atoms with Gasteiger partial charge in [-0.15, -0.1) is 11.3 Å². The highest BCUT2D eigenvalue weighted by molar-refractivity contribution is 7.80. The molecule has 0 aliphatic heterocycles. The molecule has 0 unspecified atom stereocenters. The lowest BCUT2D eigenvalue weighted by Gasteiger charge is -2.26. The van der Waals surface area contributed by atoms with Crippen LogP contribution in [0.2, 0.25) is 0 Å². The second kappa shape index (κ2) is 7.19. The quantitative estimate of drug-likeness (QED) is 0.794. The first-order valence-corrected chi connectivity index (χ1v) is 8.82. The zero-order chi connectivity index (χ0) is 16.2. The third kappa shape index (κ3) is 3.95. The fraction of sp³-hybridized carbons (Fsp3) is 0.353. The Labute approximate surface area is 146 Å². The van der Waals surface area contributed by atoms with Gasteiger partial charge in [0, 0.05) is 17.0 Å². The van der Waals surface area contributed by atoms with Crippen molar-refractivity contribution in [1.82, 2.24) is 4.90 Å². The number of ether oxygens (including phenoxy) is 2. The summed E-state index contributed by atoms with van der Waals surface area (Å²) in [6, 6.07) is 10.5. The van der Waals surface area contributed by atoms with E-state index in [1.54, 1.807) is 25.6 Å². The van der Waals surface area contributed by atoms with Gasteiger partial charge in [0.25, 0.3) is 0 Å². The highest BCUT2D eigenvalue weighted by atomic mass is 32.1. The molecule has 4 nitrogen and oxygen atoms in total. The van der Waals surface area contributed by atoms with E-state index in [1.165, 1.54) is 17.7 Å². The van der Waals surface area contributed by atoms with E-state index in [9.17, 15) is 0 Å². The van der Waals surface area contributed by atoms with E-state index in [0.717, 1.165) is 28.8 Å². The zero-order valence-corrected chi connectivity index (χ0v) is 14.9. The van der Waals surface area contributed by atoms with E-state index >= 15 is 0 Å². The number of methoxy groups -OCH3 is 2. The van der Waals surface area contributed by atoms with Crippen molar-refractivity contribution in [2.24, 2.45) is 0 Å².